The topological polar surface area (TPSA) is 26.0 Å². The Hall–Kier alpha value is -0.120. The van der Waals surface area contributed by atoms with E-state index in [9.17, 15) is 4.39 Å². The molecule has 0 unspecified atom stereocenters. The van der Waals surface area contributed by atoms with Gasteiger partial charge in [0.2, 0.25) is 0 Å². The molecule has 1 aromatic rings. The maximum Gasteiger partial charge on any atom is 0.155 e. The van der Waals surface area contributed by atoms with Crippen molar-refractivity contribution in [3.05, 3.63) is 33.0 Å². The van der Waals surface area contributed by atoms with Crippen molar-refractivity contribution < 1.29 is 4.39 Å². The molecule has 0 saturated heterocycles. The molecule has 0 atom stereocenters. The van der Waals surface area contributed by atoms with Crippen LogP contribution < -0.4 is 5.73 Å². The van der Waals surface area contributed by atoms with Crippen molar-refractivity contribution in [1.29, 1.82) is 0 Å². The second-order valence-electron chi connectivity index (χ2n) is 4.04. The van der Waals surface area contributed by atoms with Gasteiger partial charge in [-0.25, -0.2) is 4.39 Å². The Morgan fingerprint density at radius 1 is 1.50 bits per heavy atom. The molecule has 0 aliphatic rings. The highest BCUT2D eigenvalue weighted by atomic mass is 79.9. The fourth-order valence-corrected chi connectivity index (χ4v) is 2.10. The van der Waals surface area contributed by atoms with Gasteiger partial charge in [-0.05, 0) is 53.9 Å². The van der Waals surface area contributed by atoms with E-state index in [0.717, 1.165) is 5.56 Å². The molecule has 0 aliphatic carbocycles. The van der Waals surface area contributed by atoms with E-state index in [1.54, 1.807) is 12.1 Å². The first-order chi connectivity index (χ1) is 6.29. The molecule has 14 heavy (non-hydrogen) atoms. The van der Waals surface area contributed by atoms with Crippen LogP contribution in [-0.2, 0) is 6.42 Å². The molecule has 1 nitrogen and oxygen atoms in total. The van der Waals surface area contributed by atoms with Gasteiger partial charge >= 0.3 is 0 Å². The number of nitrogens with two attached hydrogens (primary N) is 1. The van der Waals surface area contributed by atoms with Gasteiger partial charge in [0.15, 0.2) is 5.82 Å². The summed E-state index contributed by atoms with van der Waals surface area (Å²) >= 11 is 8.81. The lowest BCUT2D eigenvalue weighted by Crippen LogP contribution is -2.34. The molecule has 0 aliphatic heterocycles. The third kappa shape index (κ3) is 3.23. The molecule has 0 amide bonds. The summed E-state index contributed by atoms with van der Waals surface area (Å²) in [5.41, 5.74) is 6.46. The Morgan fingerprint density at radius 3 is 2.50 bits per heavy atom. The van der Waals surface area contributed by atoms with Gasteiger partial charge in [-0.3, -0.25) is 0 Å². The van der Waals surface area contributed by atoms with Gasteiger partial charge in [0.1, 0.15) is 0 Å². The Labute approximate surface area is 96.6 Å². The summed E-state index contributed by atoms with van der Waals surface area (Å²) in [4.78, 5) is 0. The van der Waals surface area contributed by atoms with Crippen molar-refractivity contribution in [3.8, 4) is 0 Å². The van der Waals surface area contributed by atoms with Crippen molar-refractivity contribution >= 4 is 27.5 Å². The zero-order valence-corrected chi connectivity index (χ0v) is 10.4. The Kier molecular flexibility index (Phi) is 3.56. The van der Waals surface area contributed by atoms with E-state index in [0.29, 0.717) is 10.9 Å². The van der Waals surface area contributed by atoms with Crippen molar-refractivity contribution in [3.63, 3.8) is 0 Å². The summed E-state index contributed by atoms with van der Waals surface area (Å²) in [6.45, 7) is 3.83. The molecule has 0 saturated carbocycles. The lowest BCUT2D eigenvalue weighted by Gasteiger charge is -2.18. The molecular formula is C10H12BrClFN. The zero-order chi connectivity index (χ0) is 10.9. The molecule has 0 spiro atoms. The van der Waals surface area contributed by atoms with Crippen LogP contribution in [0, 0.1) is 5.82 Å². The summed E-state index contributed by atoms with van der Waals surface area (Å²) in [6.07, 6.45) is 0.658. The molecule has 2 N–H and O–H groups in total. The standard InChI is InChI=1S/C10H12BrClFN/c1-10(2,14)5-6-3-7(11)9(13)8(12)4-6/h3-4H,5,14H2,1-2H3. The predicted molar refractivity (Wildman–Crippen MR) is 61.1 cm³/mol. The summed E-state index contributed by atoms with van der Waals surface area (Å²) in [7, 11) is 0. The van der Waals surface area contributed by atoms with Gasteiger partial charge in [-0.15, -0.1) is 0 Å². The van der Waals surface area contributed by atoms with Gasteiger partial charge in [0, 0.05) is 5.54 Å². The quantitative estimate of drug-likeness (QED) is 0.824. The summed E-state index contributed by atoms with van der Waals surface area (Å²) in [5.74, 6) is -0.426. The highest BCUT2D eigenvalue weighted by Crippen LogP contribution is 2.26. The fourth-order valence-electron chi connectivity index (χ4n) is 1.24. The van der Waals surface area contributed by atoms with E-state index in [-0.39, 0.29) is 10.6 Å². The van der Waals surface area contributed by atoms with Gasteiger partial charge < -0.3 is 5.73 Å². The van der Waals surface area contributed by atoms with Gasteiger partial charge in [0.05, 0.1) is 9.50 Å². The normalized spacial score (nSPS) is 11.9. The van der Waals surface area contributed by atoms with Gasteiger partial charge in [-0.1, -0.05) is 11.6 Å². The van der Waals surface area contributed by atoms with E-state index in [2.05, 4.69) is 15.9 Å². The van der Waals surface area contributed by atoms with E-state index >= 15 is 0 Å². The third-order valence-corrected chi connectivity index (χ3v) is 2.56. The number of rotatable bonds is 2. The van der Waals surface area contributed by atoms with Crippen LogP contribution in [0.1, 0.15) is 19.4 Å². The van der Waals surface area contributed by atoms with Crippen LogP contribution in [0.15, 0.2) is 16.6 Å². The Balaban J connectivity index is 3.02. The van der Waals surface area contributed by atoms with Crippen molar-refractivity contribution in [2.45, 2.75) is 25.8 Å². The largest absolute Gasteiger partial charge is 0.325 e. The fraction of sp³-hybridized carbons (Fsp3) is 0.400. The maximum atomic E-state index is 13.1. The van der Waals surface area contributed by atoms with Crippen molar-refractivity contribution in [1.82, 2.24) is 0 Å². The number of hydrogen-bond acceptors (Lipinski definition) is 1. The SMILES string of the molecule is CC(C)(N)Cc1cc(Cl)c(F)c(Br)c1. The summed E-state index contributed by atoms with van der Waals surface area (Å²) in [6, 6.07) is 3.31. The molecular weight excluding hydrogens is 268 g/mol. The number of hydrogen-bond donors (Lipinski definition) is 1. The second kappa shape index (κ2) is 4.17. The van der Waals surface area contributed by atoms with Crippen LogP contribution in [-0.4, -0.2) is 5.54 Å². The lowest BCUT2D eigenvalue weighted by molar-refractivity contribution is 0.515. The van der Waals surface area contributed by atoms with Crippen LogP contribution in [0.2, 0.25) is 5.02 Å². The second-order valence-corrected chi connectivity index (χ2v) is 5.30. The monoisotopic (exact) mass is 279 g/mol. The minimum atomic E-state index is -0.426. The highest BCUT2D eigenvalue weighted by Gasteiger charge is 2.14. The zero-order valence-electron chi connectivity index (χ0n) is 8.07. The first kappa shape index (κ1) is 12.0. The highest BCUT2D eigenvalue weighted by molar-refractivity contribution is 9.10. The number of benzene rings is 1. The minimum absolute atomic E-state index is 0.124. The molecule has 0 aromatic heterocycles. The first-order valence-electron chi connectivity index (χ1n) is 4.22. The van der Waals surface area contributed by atoms with E-state index < -0.39 is 5.82 Å². The molecule has 4 heteroatoms. The van der Waals surface area contributed by atoms with Crippen LogP contribution in [0.4, 0.5) is 4.39 Å². The maximum absolute atomic E-state index is 13.1. The van der Waals surface area contributed by atoms with Crippen LogP contribution in [0.3, 0.4) is 0 Å². The smallest absolute Gasteiger partial charge is 0.155 e. The van der Waals surface area contributed by atoms with Gasteiger partial charge in [0.25, 0.3) is 0 Å². The molecule has 0 fully saturated rings. The Morgan fingerprint density at radius 2 is 2.07 bits per heavy atom. The molecule has 0 heterocycles. The molecule has 1 rings (SSSR count). The van der Waals surface area contributed by atoms with Crippen LogP contribution in [0.25, 0.3) is 0 Å². The third-order valence-electron chi connectivity index (χ3n) is 1.70. The van der Waals surface area contributed by atoms with Crippen molar-refractivity contribution in [2.24, 2.45) is 5.73 Å². The molecule has 1 aromatic carbocycles. The van der Waals surface area contributed by atoms with E-state index in [1.807, 2.05) is 13.8 Å². The Bertz CT molecular complexity index is 323. The van der Waals surface area contributed by atoms with Crippen LogP contribution >= 0.6 is 27.5 Å². The van der Waals surface area contributed by atoms with Crippen molar-refractivity contribution in [2.75, 3.05) is 0 Å². The minimum Gasteiger partial charge on any atom is -0.325 e. The number of halogens is 3. The summed E-state index contributed by atoms with van der Waals surface area (Å²) in [5, 5.41) is 0.124. The summed E-state index contributed by atoms with van der Waals surface area (Å²) < 4.78 is 13.5. The average molecular weight is 281 g/mol. The van der Waals surface area contributed by atoms with Gasteiger partial charge in [-0.2, -0.15) is 0 Å². The molecule has 78 valence electrons. The lowest BCUT2D eigenvalue weighted by atomic mass is 9.96. The van der Waals surface area contributed by atoms with Crippen LogP contribution in [0.5, 0.6) is 0 Å². The van der Waals surface area contributed by atoms with E-state index in [1.165, 1.54) is 0 Å². The first-order valence-corrected chi connectivity index (χ1v) is 5.39. The molecule has 0 bridgehead atoms. The molecule has 0 radical (unpaired) electrons. The van der Waals surface area contributed by atoms with E-state index in [4.69, 9.17) is 17.3 Å². The predicted octanol–water partition coefficient (Wildman–Crippen LogP) is 3.52. The average Bonchev–Trinajstić information content (AvgIpc) is 1.96.